The van der Waals surface area contributed by atoms with E-state index in [2.05, 4.69) is 92.9 Å². The van der Waals surface area contributed by atoms with Gasteiger partial charge in [-0.3, -0.25) is 18.6 Å². The number of unbranched alkanes of at least 4 members (excludes halogenated alkanes) is 48. The van der Waals surface area contributed by atoms with Gasteiger partial charge in [0.1, 0.15) is 19.3 Å². The van der Waals surface area contributed by atoms with Crippen molar-refractivity contribution in [2.24, 2.45) is 0 Å². The molecule has 0 aliphatic carbocycles. The molecular weight excluding hydrogens is 1170 g/mol. The average molecular weight is 1330 g/mol. The van der Waals surface area contributed by atoms with Crippen LogP contribution < -0.4 is 5.32 Å². The molecule has 0 aromatic heterocycles. The number of phosphoric ester groups is 1. The predicted octanol–water partition coefficient (Wildman–Crippen LogP) is 26.2. The largest absolute Gasteiger partial charge is 0.472 e. The van der Waals surface area contributed by atoms with Crippen molar-refractivity contribution in [2.75, 3.05) is 40.9 Å². The van der Waals surface area contributed by atoms with Crippen LogP contribution in [0.25, 0.3) is 0 Å². The Kier molecular flexibility index (Phi) is 70.2. The van der Waals surface area contributed by atoms with Gasteiger partial charge in [0.25, 0.3) is 0 Å². The summed E-state index contributed by atoms with van der Waals surface area (Å²) < 4.78 is 31.0. The number of amides is 1. The van der Waals surface area contributed by atoms with Crippen molar-refractivity contribution in [1.82, 2.24) is 5.32 Å². The van der Waals surface area contributed by atoms with Crippen LogP contribution in [0.1, 0.15) is 393 Å². The van der Waals surface area contributed by atoms with E-state index in [1.165, 1.54) is 283 Å². The molecule has 0 rings (SSSR count). The number of quaternary nitrogens is 1. The molecule has 3 unspecified atom stereocenters. The zero-order valence-corrected chi connectivity index (χ0v) is 63.4. The fraction of sp³-hybridized carbons (Fsp3) is 0.831. The Morgan fingerprint density at radius 1 is 0.376 bits per heavy atom. The van der Waals surface area contributed by atoms with E-state index in [4.69, 9.17) is 13.8 Å². The summed E-state index contributed by atoms with van der Waals surface area (Å²) in [5, 5.41) is 3.09. The number of carbonyl (C=O) groups is 2. The smallest absolute Gasteiger partial charge is 0.456 e. The highest BCUT2D eigenvalue weighted by molar-refractivity contribution is 7.47. The quantitative estimate of drug-likeness (QED) is 0.0205. The average Bonchev–Trinajstić information content (AvgIpc) is 2.31. The molecule has 3 atom stereocenters. The molecule has 0 aromatic carbocycles. The van der Waals surface area contributed by atoms with E-state index in [0.717, 1.165) is 77.0 Å². The molecule has 0 aliphatic rings. The number of nitrogens with zero attached hydrogens (tertiary/aromatic N) is 1. The monoisotopic (exact) mass is 1320 g/mol. The van der Waals surface area contributed by atoms with Crippen LogP contribution in [0.15, 0.2) is 72.9 Å². The zero-order valence-electron chi connectivity index (χ0n) is 62.5. The van der Waals surface area contributed by atoms with Crippen LogP contribution >= 0.6 is 7.82 Å². The van der Waals surface area contributed by atoms with Gasteiger partial charge in [-0.15, -0.1) is 0 Å². The van der Waals surface area contributed by atoms with Crippen LogP contribution in [0.5, 0.6) is 0 Å². The van der Waals surface area contributed by atoms with Gasteiger partial charge in [0.15, 0.2) is 0 Å². The van der Waals surface area contributed by atoms with Crippen molar-refractivity contribution in [3.8, 4) is 0 Å². The van der Waals surface area contributed by atoms with E-state index in [9.17, 15) is 19.0 Å². The van der Waals surface area contributed by atoms with E-state index in [1.54, 1.807) is 0 Å². The Labute approximate surface area is 578 Å². The molecule has 10 heteroatoms. The van der Waals surface area contributed by atoms with Gasteiger partial charge < -0.3 is 19.4 Å². The number of likely N-dealkylation sites (N-methyl/N-ethyl adjacent to an activating group) is 1. The lowest BCUT2D eigenvalue weighted by Gasteiger charge is -2.27. The van der Waals surface area contributed by atoms with Crippen molar-refractivity contribution in [3.05, 3.63) is 72.9 Å². The number of nitrogens with one attached hydrogen (secondary N) is 1. The molecule has 0 saturated heterocycles. The summed E-state index contributed by atoms with van der Waals surface area (Å²) >= 11 is 0. The fourth-order valence-electron chi connectivity index (χ4n) is 11.9. The third-order valence-corrected chi connectivity index (χ3v) is 19.1. The Morgan fingerprint density at radius 3 is 1.00 bits per heavy atom. The van der Waals surface area contributed by atoms with Gasteiger partial charge in [-0.25, -0.2) is 4.57 Å². The van der Waals surface area contributed by atoms with Crippen LogP contribution in [-0.4, -0.2) is 74.3 Å². The first-order chi connectivity index (χ1) is 45.4. The maximum Gasteiger partial charge on any atom is 0.472 e. The summed E-state index contributed by atoms with van der Waals surface area (Å²) in [6, 6.07) is -0.851. The maximum atomic E-state index is 13.7. The highest BCUT2D eigenvalue weighted by Gasteiger charge is 2.30. The van der Waals surface area contributed by atoms with Gasteiger partial charge in [0.05, 0.1) is 33.8 Å². The number of esters is 1. The molecule has 2 N–H and O–H groups in total. The molecule has 93 heavy (non-hydrogen) atoms. The van der Waals surface area contributed by atoms with Gasteiger partial charge in [-0.1, -0.05) is 351 Å². The zero-order chi connectivity index (χ0) is 67.8. The van der Waals surface area contributed by atoms with Crippen molar-refractivity contribution in [3.63, 3.8) is 0 Å². The minimum atomic E-state index is -4.46. The normalized spacial score (nSPS) is 13.8. The van der Waals surface area contributed by atoms with Crippen LogP contribution in [0, 0.1) is 0 Å². The topological polar surface area (TPSA) is 111 Å². The summed E-state index contributed by atoms with van der Waals surface area (Å²) in [5.41, 5.74) is 0. The summed E-state index contributed by atoms with van der Waals surface area (Å²) in [6.45, 7) is 7.02. The first kappa shape index (κ1) is 90.5. The van der Waals surface area contributed by atoms with Crippen LogP contribution in [-0.2, 0) is 27.9 Å². The molecule has 0 spiro atoms. The van der Waals surface area contributed by atoms with Gasteiger partial charge in [0, 0.05) is 12.8 Å². The SMILES string of the molecule is CCCCC/C=C\C/C=C\C/C=C\CCCCCCCCCCCCCCCCC(=O)NC(COP(=O)(O)OCC[N+](C)(C)C)C(/C=C/CCCCCCCCCCCCC)OC(=O)CCCCCCCCCCCCCCCCCCC/C=C\C/C=C\CCCCC. The second-order valence-electron chi connectivity index (χ2n) is 28.6. The van der Waals surface area contributed by atoms with Crippen molar-refractivity contribution in [2.45, 2.75) is 405 Å². The lowest BCUT2D eigenvalue weighted by Crippen LogP contribution is -2.47. The number of phosphoric acid groups is 1. The van der Waals surface area contributed by atoms with E-state index in [1.807, 2.05) is 27.2 Å². The Balaban J connectivity index is 4.93. The number of hydrogen-bond donors (Lipinski definition) is 2. The minimum Gasteiger partial charge on any atom is -0.456 e. The Morgan fingerprint density at radius 2 is 0.656 bits per heavy atom. The van der Waals surface area contributed by atoms with E-state index in [0.29, 0.717) is 23.9 Å². The fourth-order valence-corrected chi connectivity index (χ4v) is 12.7. The van der Waals surface area contributed by atoms with Crippen molar-refractivity contribution >= 4 is 19.7 Å². The van der Waals surface area contributed by atoms with E-state index >= 15 is 0 Å². The molecule has 1 amide bonds. The second-order valence-corrected chi connectivity index (χ2v) is 30.0. The van der Waals surface area contributed by atoms with Crippen molar-refractivity contribution < 1.29 is 37.3 Å². The van der Waals surface area contributed by atoms with E-state index in [-0.39, 0.29) is 25.1 Å². The third kappa shape index (κ3) is 73.5. The van der Waals surface area contributed by atoms with Gasteiger partial charge >= 0.3 is 13.8 Å². The molecular formula is C83H156N2O7P+. The van der Waals surface area contributed by atoms with E-state index < -0.39 is 20.0 Å². The lowest BCUT2D eigenvalue weighted by atomic mass is 10.0. The number of ether oxygens (including phenoxy) is 1. The minimum absolute atomic E-state index is 0.0406. The Bertz CT molecular complexity index is 1820. The second kappa shape index (κ2) is 72.2. The Hall–Kier alpha value is -2.55. The van der Waals surface area contributed by atoms with Gasteiger partial charge in [-0.05, 0) is 102 Å². The molecule has 0 aliphatic heterocycles. The predicted molar refractivity (Wildman–Crippen MR) is 406 cm³/mol. The molecule has 544 valence electrons. The van der Waals surface area contributed by atoms with Crippen LogP contribution in [0.3, 0.4) is 0 Å². The molecule has 9 nitrogen and oxygen atoms in total. The summed E-state index contributed by atoms with van der Waals surface area (Å²) in [5.74, 6) is -0.488. The summed E-state index contributed by atoms with van der Waals surface area (Å²) in [4.78, 5) is 38.1. The first-order valence-electron chi connectivity index (χ1n) is 40.3. The maximum absolute atomic E-state index is 13.7. The molecule has 0 saturated carbocycles. The third-order valence-electron chi connectivity index (χ3n) is 18.1. The molecule has 0 aromatic rings. The summed E-state index contributed by atoms with van der Waals surface area (Å²) in [6.07, 6.45) is 96.5. The molecule has 0 fully saturated rings. The standard InChI is InChI=1S/C83H155N2O7P/c1-7-10-13-16-19-22-25-28-30-32-34-36-38-40-42-44-46-48-50-52-54-57-60-63-66-69-72-75-82(86)84-80(79-91-93(88,89)90-78-77-85(4,5)6)81(74-71-68-65-62-59-56-27-24-21-18-15-12-9-3)92-83(87)76-73-70-67-64-61-58-55-53-51-49-47-45-43-41-39-37-35-33-31-29-26-23-20-17-14-11-8-2/h19-20,22-23,28-31,34,36,71,74,80-81H,7-18,21,24-27,32-33,35,37-70,72-73,75-79H2,1-6H3,(H-,84,86,88,89)/p+1/b22-19-,23-20-,30-28-,31-29-,36-34-,74-71+. The van der Waals surface area contributed by atoms with Crippen LogP contribution in [0.4, 0.5) is 0 Å². The number of rotatable bonds is 74. The number of carbonyl (C=O) groups excluding carboxylic acids is 2. The number of allylic oxidation sites excluding steroid dienone is 11. The van der Waals surface area contributed by atoms with Gasteiger partial charge in [-0.2, -0.15) is 0 Å². The highest BCUT2D eigenvalue weighted by Crippen LogP contribution is 2.43. The highest BCUT2D eigenvalue weighted by atomic mass is 31.2. The van der Waals surface area contributed by atoms with Crippen molar-refractivity contribution in [1.29, 1.82) is 0 Å². The molecule has 0 heterocycles. The molecule has 0 bridgehead atoms. The van der Waals surface area contributed by atoms with Crippen LogP contribution in [0.2, 0.25) is 0 Å². The first-order valence-corrected chi connectivity index (χ1v) is 41.8. The summed E-state index contributed by atoms with van der Waals surface area (Å²) in [7, 11) is 1.51. The molecule has 0 radical (unpaired) electrons. The van der Waals surface area contributed by atoms with Gasteiger partial charge in [0.2, 0.25) is 5.91 Å². The lowest BCUT2D eigenvalue weighted by molar-refractivity contribution is -0.870. The number of hydrogen-bond acceptors (Lipinski definition) is 6.